The van der Waals surface area contributed by atoms with Crippen molar-refractivity contribution < 1.29 is 22.6 Å². The van der Waals surface area contributed by atoms with Gasteiger partial charge >= 0.3 is 0 Å². The van der Waals surface area contributed by atoms with E-state index in [2.05, 4.69) is 20.0 Å². The van der Waals surface area contributed by atoms with Crippen LogP contribution < -0.4 is 14.8 Å². The molecule has 10 nitrogen and oxygen atoms in total. The quantitative estimate of drug-likeness (QED) is 0.574. The van der Waals surface area contributed by atoms with Crippen LogP contribution in [-0.4, -0.2) is 58.0 Å². The van der Waals surface area contributed by atoms with E-state index in [1.54, 1.807) is 12.1 Å². The topological polar surface area (TPSA) is 135 Å². The number of anilines is 2. The van der Waals surface area contributed by atoms with Crippen LogP contribution in [0.25, 0.3) is 0 Å². The van der Waals surface area contributed by atoms with Crippen LogP contribution >= 0.6 is 0 Å². The highest BCUT2D eigenvalue weighted by Crippen LogP contribution is 2.22. The number of rotatable bonds is 9. The number of hydrogen-bond acceptors (Lipinski definition) is 9. The summed E-state index contributed by atoms with van der Waals surface area (Å²) in [4.78, 5) is 8.49. The number of nitrogens with zero attached hydrogens (tertiary/aromatic N) is 3. The zero-order valence-corrected chi connectivity index (χ0v) is 16.6. The number of nitrogens with one attached hydrogen (secondary N) is 2. The Morgan fingerprint density at radius 1 is 1.34 bits per heavy atom. The lowest BCUT2D eigenvalue weighted by Gasteiger charge is -2.13. The molecule has 1 fully saturated rings. The SMILES string of the molecule is COCCNS(=O)(=O)c1ccc(Nc2ncc(C#N)c(OC3CCOC3)n2)cc1. The van der Waals surface area contributed by atoms with Crippen LogP contribution in [0.5, 0.6) is 5.88 Å². The van der Waals surface area contributed by atoms with Gasteiger partial charge < -0.3 is 19.5 Å². The predicted molar refractivity (Wildman–Crippen MR) is 103 cm³/mol. The van der Waals surface area contributed by atoms with Gasteiger partial charge in [0.2, 0.25) is 21.9 Å². The number of methoxy groups -OCH3 is 1. The maximum atomic E-state index is 12.2. The van der Waals surface area contributed by atoms with Crippen LogP contribution in [0.4, 0.5) is 11.6 Å². The van der Waals surface area contributed by atoms with Gasteiger partial charge in [0.15, 0.2) is 0 Å². The smallest absolute Gasteiger partial charge is 0.240 e. The molecule has 11 heteroatoms. The maximum Gasteiger partial charge on any atom is 0.240 e. The van der Waals surface area contributed by atoms with Crippen LogP contribution in [-0.2, 0) is 19.5 Å². The Hall–Kier alpha value is -2.78. The molecule has 154 valence electrons. The minimum atomic E-state index is -3.61. The van der Waals surface area contributed by atoms with Gasteiger partial charge in [-0.25, -0.2) is 18.1 Å². The fourth-order valence-electron chi connectivity index (χ4n) is 2.56. The highest BCUT2D eigenvalue weighted by molar-refractivity contribution is 7.89. The van der Waals surface area contributed by atoms with Crippen LogP contribution in [0.1, 0.15) is 12.0 Å². The van der Waals surface area contributed by atoms with Gasteiger partial charge in [0.1, 0.15) is 17.7 Å². The number of benzene rings is 1. The molecule has 0 spiro atoms. The molecule has 0 bridgehead atoms. The van der Waals surface area contributed by atoms with Crippen molar-refractivity contribution in [1.82, 2.24) is 14.7 Å². The van der Waals surface area contributed by atoms with Crippen LogP contribution in [0.15, 0.2) is 35.4 Å². The lowest BCUT2D eigenvalue weighted by molar-refractivity contribution is 0.138. The molecule has 1 saturated heterocycles. The van der Waals surface area contributed by atoms with Crippen LogP contribution in [0.3, 0.4) is 0 Å². The summed E-state index contributed by atoms with van der Waals surface area (Å²) in [6.07, 6.45) is 1.95. The van der Waals surface area contributed by atoms with Gasteiger partial charge in [-0.1, -0.05) is 0 Å². The van der Waals surface area contributed by atoms with Gasteiger partial charge in [-0.15, -0.1) is 0 Å². The summed E-state index contributed by atoms with van der Waals surface area (Å²) in [6.45, 7) is 1.53. The van der Waals surface area contributed by atoms with E-state index in [0.29, 0.717) is 18.9 Å². The second-order valence-electron chi connectivity index (χ2n) is 6.17. The minimum Gasteiger partial charge on any atom is -0.471 e. The summed E-state index contributed by atoms with van der Waals surface area (Å²) in [6, 6.07) is 8.13. The standard InChI is InChI=1S/C18H21N5O5S/c1-26-9-7-21-29(24,25)16-4-2-14(3-5-16)22-18-20-11-13(10-19)17(23-18)28-15-6-8-27-12-15/h2-5,11,15,21H,6-9,12H2,1H3,(H,20,22,23). The fourth-order valence-corrected chi connectivity index (χ4v) is 3.58. The number of sulfonamides is 1. The average molecular weight is 419 g/mol. The molecule has 0 aliphatic carbocycles. The Morgan fingerprint density at radius 2 is 2.14 bits per heavy atom. The van der Waals surface area contributed by atoms with E-state index < -0.39 is 10.0 Å². The molecule has 29 heavy (non-hydrogen) atoms. The van der Waals surface area contributed by atoms with Crippen molar-refractivity contribution in [3.63, 3.8) is 0 Å². The maximum absolute atomic E-state index is 12.2. The summed E-state index contributed by atoms with van der Waals surface area (Å²) in [5, 5.41) is 12.2. The van der Waals surface area contributed by atoms with E-state index in [1.165, 1.54) is 25.4 Å². The molecule has 1 aromatic heterocycles. The largest absolute Gasteiger partial charge is 0.471 e. The summed E-state index contributed by atoms with van der Waals surface area (Å²) in [5.41, 5.74) is 0.812. The summed E-state index contributed by atoms with van der Waals surface area (Å²) in [7, 11) is -2.11. The van der Waals surface area contributed by atoms with Crippen LogP contribution in [0, 0.1) is 11.3 Å². The van der Waals surface area contributed by atoms with E-state index in [4.69, 9.17) is 14.2 Å². The summed E-state index contributed by atoms with van der Waals surface area (Å²) < 4.78 is 42.7. The fraction of sp³-hybridized carbons (Fsp3) is 0.389. The number of nitriles is 1. The third kappa shape index (κ3) is 5.61. The van der Waals surface area contributed by atoms with Crippen LogP contribution in [0.2, 0.25) is 0 Å². The Labute approximate surface area is 168 Å². The Kier molecular flexibility index (Phi) is 6.95. The Bertz CT molecular complexity index is 969. The number of aromatic nitrogens is 2. The molecule has 0 saturated carbocycles. The molecule has 1 aliphatic rings. The zero-order chi connectivity index (χ0) is 20.7. The molecular formula is C18H21N5O5S. The Balaban J connectivity index is 1.70. The first-order valence-electron chi connectivity index (χ1n) is 8.89. The molecular weight excluding hydrogens is 398 g/mol. The molecule has 1 aliphatic heterocycles. The summed E-state index contributed by atoms with van der Waals surface area (Å²) in [5.74, 6) is 0.411. The second-order valence-corrected chi connectivity index (χ2v) is 7.93. The van der Waals surface area contributed by atoms with Crippen molar-refractivity contribution in [3.05, 3.63) is 36.0 Å². The first-order valence-corrected chi connectivity index (χ1v) is 10.4. The average Bonchev–Trinajstić information content (AvgIpc) is 3.22. The predicted octanol–water partition coefficient (Wildman–Crippen LogP) is 1.18. The molecule has 1 atom stereocenters. The first-order chi connectivity index (χ1) is 14.0. The third-order valence-corrected chi connectivity index (χ3v) is 5.54. The number of ether oxygens (including phenoxy) is 3. The van der Waals surface area contributed by atoms with Crippen molar-refractivity contribution in [2.45, 2.75) is 17.4 Å². The summed E-state index contributed by atoms with van der Waals surface area (Å²) >= 11 is 0. The zero-order valence-electron chi connectivity index (χ0n) is 15.8. The van der Waals surface area contributed by atoms with E-state index in [0.717, 1.165) is 6.42 Å². The molecule has 1 aromatic carbocycles. The van der Waals surface area contributed by atoms with Gasteiger partial charge in [0.25, 0.3) is 0 Å². The number of hydrogen-bond donors (Lipinski definition) is 2. The van der Waals surface area contributed by atoms with Crippen molar-refractivity contribution in [3.8, 4) is 11.9 Å². The minimum absolute atomic E-state index is 0.130. The monoisotopic (exact) mass is 419 g/mol. The molecule has 0 radical (unpaired) electrons. The molecule has 2 aromatic rings. The molecule has 1 unspecified atom stereocenters. The van der Waals surface area contributed by atoms with E-state index >= 15 is 0 Å². The Morgan fingerprint density at radius 3 is 2.79 bits per heavy atom. The van der Waals surface area contributed by atoms with Crippen molar-refractivity contribution >= 4 is 21.7 Å². The van der Waals surface area contributed by atoms with Gasteiger partial charge in [-0.2, -0.15) is 10.2 Å². The molecule has 0 amide bonds. The molecule has 2 N–H and O–H groups in total. The normalized spacial score (nSPS) is 16.3. The first kappa shape index (κ1) is 20.9. The third-order valence-electron chi connectivity index (χ3n) is 4.06. The van der Waals surface area contributed by atoms with Gasteiger partial charge in [-0.05, 0) is 24.3 Å². The van der Waals surface area contributed by atoms with E-state index in [9.17, 15) is 13.7 Å². The second kappa shape index (κ2) is 9.62. The van der Waals surface area contributed by atoms with E-state index in [1.807, 2.05) is 6.07 Å². The van der Waals surface area contributed by atoms with Gasteiger partial charge in [-0.3, -0.25) is 0 Å². The molecule has 3 rings (SSSR count). The molecule has 2 heterocycles. The van der Waals surface area contributed by atoms with Gasteiger partial charge in [0, 0.05) is 25.8 Å². The van der Waals surface area contributed by atoms with E-state index in [-0.39, 0.29) is 41.5 Å². The highest BCUT2D eigenvalue weighted by Gasteiger charge is 2.20. The van der Waals surface area contributed by atoms with Crippen molar-refractivity contribution in [1.29, 1.82) is 5.26 Å². The van der Waals surface area contributed by atoms with Crippen molar-refractivity contribution in [2.24, 2.45) is 0 Å². The highest BCUT2D eigenvalue weighted by atomic mass is 32.2. The van der Waals surface area contributed by atoms with Crippen molar-refractivity contribution in [2.75, 3.05) is 38.8 Å². The van der Waals surface area contributed by atoms with Gasteiger partial charge in [0.05, 0.1) is 30.9 Å². The lowest BCUT2D eigenvalue weighted by atomic mass is 10.3. The lowest BCUT2D eigenvalue weighted by Crippen LogP contribution is -2.27.